The van der Waals surface area contributed by atoms with Crippen molar-refractivity contribution in [1.29, 1.82) is 0 Å². The Morgan fingerprint density at radius 2 is 1.33 bits per heavy atom. The molecule has 2 aromatic carbocycles. The Kier molecular flexibility index (Phi) is 3.82. The second kappa shape index (κ2) is 5.19. The van der Waals surface area contributed by atoms with E-state index in [-0.39, 0.29) is 0 Å². The molecule has 0 aliphatic rings. The second-order valence-corrected chi connectivity index (χ2v) is 6.10. The SMILES string of the molecule is Cc1ccc(Sc2cc(C)c(C)c(C)c2C)cc1. The van der Waals surface area contributed by atoms with Crippen LogP contribution in [-0.2, 0) is 0 Å². The van der Waals surface area contributed by atoms with Gasteiger partial charge in [0.25, 0.3) is 0 Å². The Hall–Kier alpha value is -1.21. The van der Waals surface area contributed by atoms with Gasteiger partial charge in [0, 0.05) is 9.79 Å². The van der Waals surface area contributed by atoms with Gasteiger partial charge in [-0.05, 0) is 75.1 Å². The minimum absolute atomic E-state index is 1.31. The zero-order valence-electron chi connectivity index (χ0n) is 11.8. The highest BCUT2D eigenvalue weighted by atomic mass is 32.2. The van der Waals surface area contributed by atoms with Gasteiger partial charge >= 0.3 is 0 Å². The monoisotopic (exact) mass is 256 g/mol. The molecule has 0 radical (unpaired) electrons. The fraction of sp³-hybridized carbons (Fsp3) is 0.294. The highest BCUT2D eigenvalue weighted by Crippen LogP contribution is 2.34. The molecule has 0 unspecified atom stereocenters. The van der Waals surface area contributed by atoms with Crippen LogP contribution in [0.2, 0.25) is 0 Å². The van der Waals surface area contributed by atoms with Crippen LogP contribution in [0.5, 0.6) is 0 Å². The summed E-state index contributed by atoms with van der Waals surface area (Å²) < 4.78 is 0. The van der Waals surface area contributed by atoms with Gasteiger partial charge in [0.05, 0.1) is 0 Å². The summed E-state index contributed by atoms with van der Waals surface area (Å²) in [6.07, 6.45) is 0. The summed E-state index contributed by atoms with van der Waals surface area (Å²) in [6, 6.07) is 11.0. The fourth-order valence-corrected chi connectivity index (χ4v) is 3.08. The van der Waals surface area contributed by atoms with E-state index in [9.17, 15) is 0 Å². The van der Waals surface area contributed by atoms with Crippen molar-refractivity contribution in [1.82, 2.24) is 0 Å². The lowest BCUT2D eigenvalue weighted by molar-refractivity contribution is 1.14. The largest absolute Gasteiger partial charge is 0.0898 e. The quantitative estimate of drug-likeness (QED) is 0.695. The van der Waals surface area contributed by atoms with Crippen LogP contribution in [-0.4, -0.2) is 0 Å². The molecule has 0 N–H and O–H groups in total. The van der Waals surface area contributed by atoms with E-state index in [0.29, 0.717) is 0 Å². The van der Waals surface area contributed by atoms with E-state index >= 15 is 0 Å². The van der Waals surface area contributed by atoms with Gasteiger partial charge in [-0.1, -0.05) is 29.5 Å². The molecular formula is C17H20S. The van der Waals surface area contributed by atoms with Crippen LogP contribution >= 0.6 is 11.8 Å². The Morgan fingerprint density at radius 3 is 1.94 bits per heavy atom. The van der Waals surface area contributed by atoms with Crippen molar-refractivity contribution in [3.05, 3.63) is 58.1 Å². The molecule has 1 heteroatoms. The predicted molar refractivity (Wildman–Crippen MR) is 80.7 cm³/mol. The van der Waals surface area contributed by atoms with Crippen molar-refractivity contribution < 1.29 is 0 Å². The van der Waals surface area contributed by atoms with E-state index in [2.05, 4.69) is 65.0 Å². The number of aryl methyl sites for hydroxylation is 2. The highest BCUT2D eigenvalue weighted by molar-refractivity contribution is 7.99. The third-order valence-electron chi connectivity index (χ3n) is 3.68. The van der Waals surface area contributed by atoms with Gasteiger partial charge in [-0.2, -0.15) is 0 Å². The van der Waals surface area contributed by atoms with E-state index in [4.69, 9.17) is 0 Å². The third kappa shape index (κ3) is 2.62. The molecule has 94 valence electrons. The van der Waals surface area contributed by atoms with Gasteiger partial charge in [0.15, 0.2) is 0 Å². The minimum Gasteiger partial charge on any atom is -0.0898 e. The molecule has 0 fully saturated rings. The molecule has 18 heavy (non-hydrogen) atoms. The molecule has 0 saturated heterocycles. The van der Waals surface area contributed by atoms with Crippen molar-refractivity contribution >= 4 is 11.8 Å². The smallest absolute Gasteiger partial charge is 0.0157 e. The summed E-state index contributed by atoms with van der Waals surface area (Å²) in [7, 11) is 0. The molecule has 0 amide bonds. The van der Waals surface area contributed by atoms with Crippen molar-refractivity contribution in [2.45, 2.75) is 44.4 Å². The summed E-state index contributed by atoms with van der Waals surface area (Å²) in [4.78, 5) is 2.69. The van der Waals surface area contributed by atoms with E-state index in [1.54, 1.807) is 0 Å². The van der Waals surface area contributed by atoms with E-state index in [0.717, 1.165) is 0 Å². The average molecular weight is 256 g/mol. The lowest BCUT2D eigenvalue weighted by Crippen LogP contribution is -1.93. The molecule has 0 aliphatic heterocycles. The van der Waals surface area contributed by atoms with Crippen molar-refractivity contribution in [2.24, 2.45) is 0 Å². The van der Waals surface area contributed by atoms with Gasteiger partial charge in [-0.25, -0.2) is 0 Å². The lowest BCUT2D eigenvalue weighted by atomic mass is 10.00. The molecule has 0 atom stereocenters. The van der Waals surface area contributed by atoms with Crippen LogP contribution in [0.15, 0.2) is 40.1 Å². The van der Waals surface area contributed by atoms with Crippen LogP contribution < -0.4 is 0 Å². The van der Waals surface area contributed by atoms with Gasteiger partial charge in [-0.15, -0.1) is 0 Å². The van der Waals surface area contributed by atoms with Crippen molar-refractivity contribution in [3.8, 4) is 0 Å². The van der Waals surface area contributed by atoms with Gasteiger partial charge in [0.2, 0.25) is 0 Å². The molecule has 0 nitrogen and oxygen atoms in total. The summed E-state index contributed by atoms with van der Waals surface area (Å²) in [6.45, 7) is 11.0. The number of benzene rings is 2. The molecule has 2 rings (SSSR count). The molecule has 0 aromatic heterocycles. The predicted octanol–water partition coefficient (Wildman–Crippen LogP) is 5.38. The summed E-state index contributed by atoms with van der Waals surface area (Å²) in [5.74, 6) is 0. The third-order valence-corrected chi connectivity index (χ3v) is 4.83. The summed E-state index contributed by atoms with van der Waals surface area (Å²) in [5.41, 5.74) is 6.94. The van der Waals surface area contributed by atoms with E-state index < -0.39 is 0 Å². The van der Waals surface area contributed by atoms with Crippen LogP contribution in [0.1, 0.15) is 27.8 Å². The Labute approximate surface area is 114 Å². The maximum absolute atomic E-state index is 2.31. The van der Waals surface area contributed by atoms with Crippen molar-refractivity contribution in [3.63, 3.8) is 0 Å². The molecule has 2 aromatic rings. The number of rotatable bonds is 2. The van der Waals surface area contributed by atoms with Crippen LogP contribution in [0.4, 0.5) is 0 Å². The first-order valence-corrected chi connectivity index (χ1v) is 7.12. The molecule has 0 spiro atoms. The zero-order chi connectivity index (χ0) is 13.3. The van der Waals surface area contributed by atoms with E-state index in [1.165, 1.54) is 37.6 Å². The average Bonchev–Trinajstić information content (AvgIpc) is 2.36. The fourth-order valence-electron chi connectivity index (χ4n) is 2.01. The Bertz CT molecular complexity index is 565. The molecular weight excluding hydrogens is 236 g/mol. The number of hydrogen-bond donors (Lipinski definition) is 0. The zero-order valence-corrected chi connectivity index (χ0v) is 12.6. The second-order valence-electron chi connectivity index (χ2n) is 4.98. The summed E-state index contributed by atoms with van der Waals surface area (Å²) >= 11 is 1.86. The first kappa shape index (κ1) is 13.2. The Morgan fingerprint density at radius 1 is 0.722 bits per heavy atom. The Balaban J connectivity index is 2.38. The minimum atomic E-state index is 1.31. The standard InChI is InChI=1S/C17H20S/c1-11-6-8-16(9-7-11)18-17-10-12(2)13(3)14(4)15(17)5/h6-10H,1-5H3. The van der Waals surface area contributed by atoms with Gasteiger partial charge in [-0.3, -0.25) is 0 Å². The topological polar surface area (TPSA) is 0 Å². The molecule has 0 heterocycles. The van der Waals surface area contributed by atoms with Crippen molar-refractivity contribution in [2.75, 3.05) is 0 Å². The molecule has 0 aliphatic carbocycles. The highest BCUT2D eigenvalue weighted by Gasteiger charge is 2.08. The van der Waals surface area contributed by atoms with Gasteiger partial charge < -0.3 is 0 Å². The maximum atomic E-state index is 2.31. The first-order chi connectivity index (χ1) is 8.49. The van der Waals surface area contributed by atoms with E-state index in [1.807, 2.05) is 11.8 Å². The maximum Gasteiger partial charge on any atom is 0.0157 e. The molecule has 0 bridgehead atoms. The summed E-state index contributed by atoms with van der Waals surface area (Å²) in [5, 5.41) is 0. The number of hydrogen-bond acceptors (Lipinski definition) is 1. The van der Waals surface area contributed by atoms with Crippen LogP contribution in [0.3, 0.4) is 0 Å². The normalized spacial score (nSPS) is 10.7. The van der Waals surface area contributed by atoms with Crippen LogP contribution in [0, 0.1) is 34.6 Å². The van der Waals surface area contributed by atoms with Crippen LogP contribution in [0.25, 0.3) is 0 Å². The first-order valence-electron chi connectivity index (χ1n) is 6.31. The lowest BCUT2D eigenvalue weighted by Gasteiger charge is -2.14. The molecule has 0 saturated carbocycles. The van der Waals surface area contributed by atoms with Gasteiger partial charge in [0.1, 0.15) is 0 Å².